The standard InChI is InChI=1S/C12H17N3O2/c1-13-11(12(16)14-17)8-9-4-6-10(7-5-9)15(2)3/h4-7,11,13H,8H2,1-3H3/t11-/m0/s1. The van der Waals surface area contributed by atoms with Crippen LogP contribution in [0.25, 0.3) is 0 Å². The van der Waals surface area contributed by atoms with Crippen LogP contribution in [0, 0.1) is 4.91 Å². The van der Waals surface area contributed by atoms with E-state index in [0.29, 0.717) is 6.42 Å². The van der Waals surface area contributed by atoms with Crippen LogP contribution < -0.4 is 10.2 Å². The molecular formula is C12H17N3O2. The molecule has 1 aromatic carbocycles. The van der Waals surface area contributed by atoms with E-state index in [4.69, 9.17) is 0 Å². The summed E-state index contributed by atoms with van der Waals surface area (Å²) in [5, 5.41) is 5.23. The Bertz CT molecular complexity index is 387. The summed E-state index contributed by atoms with van der Waals surface area (Å²) >= 11 is 0. The zero-order valence-corrected chi connectivity index (χ0v) is 10.3. The molecule has 0 spiro atoms. The monoisotopic (exact) mass is 235 g/mol. The predicted octanol–water partition coefficient (Wildman–Crippen LogP) is 1.18. The average molecular weight is 235 g/mol. The number of anilines is 1. The van der Waals surface area contributed by atoms with E-state index in [2.05, 4.69) is 10.5 Å². The van der Waals surface area contributed by atoms with Gasteiger partial charge in [-0.15, -0.1) is 4.91 Å². The first kappa shape index (κ1) is 13.3. The van der Waals surface area contributed by atoms with Gasteiger partial charge >= 0.3 is 5.91 Å². The Labute approximate surface area is 101 Å². The molecule has 1 atom stereocenters. The maximum Gasteiger partial charge on any atom is 0.303 e. The summed E-state index contributed by atoms with van der Waals surface area (Å²) in [5.74, 6) is -0.663. The molecule has 0 aliphatic heterocycles. The molecule has 0 aliphatic rings. The first-order valence-electron chi connectivity index (χ1n) is 5.39. The van der Waals surface area contributed by atoms with Crippen molar-refractivity contribution < 1.29 is 4.79 Å². The molecule has 17 heavy (non-hydrogen) atoms. The predicted molar refractivity (Wildman–Crippen MR) is 68.1 cm³/mol. The molecule has 0 radical (unpaired) electrons. The van der Waals surface area contributed by atoms with Gasteiger partial charge in [0, 0.05) is 25.0 Å². The summed E-state index contributed by atoms with van der Waals surface area (Å²) in [6, 6.07) is 7.29. The number of hydrogen-bond donors (Lipinski definition) is 1. The lowest BCUT2D eigenvalue weighted by atomic mass is 10.1. The summed E-state index contributed by atoms with van der Waals surface area (Å²) in [6.45, 7) is 0. The summed E-state index contributed by atoms with van der Waals surface area (Å²) < 4.78 is 0. The molecule has 1 aromatic rings. The number of hydrogen-bond acceptors (Lipinski definition) is 4. The van der Waals surface area contributed by atoms with Gasteiger partial charge in [-0.05, 0) is 31.2 Å². The Morgan fingerprint density at radius 2 is 1.94 bits per heavy atom. The molecule has 0 unspecified atom stereocenters. The molecule has 1 rings (SSSR count). The molecule has 5 nitrogen and oxygen atoms in total. The summed E-state index contributed by atoms with van der Waals surface area (Å²) in [4.78, 5) is 23.4. The molecule has 0 aromatic heterocycles. The van der Waals surface area contributed by atoms with E-state index in [-0.39, 0.29) is 0 Å². The van der Waals surface area contributed by atoms with Crippen molar-refractivity contribution in [3.8, 4) is 0 Å². The number of likely N-dealkylation sites (N-methyl/N-ethyl adjacent to an activating group) is 1. The van der Waals surface area contributed by atoms with Gasteiger partial charge < -0.3 is 10.2 Å². The topological polar surface area (TPSA) is 61.8 Å². The normalized spacial score (nSPS) is 11.9. The highest BCUT2D eigenvalue weighted by Gasteiger charge is 2.17. The second kappa shape index (κ2) is 6.10. The lowest BCUT2D eigenvalue weighted by Gasteiger charge is -2.14. The Hall–Kier alpha value is -1.75. The fraction of sp³-hybridized carbons (Fsp3) is 0.417. The van der Waals surface area contributed by atoms with Gasteiger partial charge in [-0.3, -0.25) is 4.79 Å². The molecule has 1 amide bonds. The van der Waals surface area contributed by atoms with Crippen LogP contribution in [-0.2, 0) is 11.2 Å². The van der Waals surface area contributed by atoms with Gasteiger partial charge in [0.15, 0.2) is 0 Å². The molecule has 0 saturated heterocycles. The van der Waals surface area contributed by atoms with Gasteiger partial charge in [0.25, 0.3) is 0 Å². The third-order valence-corrected chi connectivity index (χ3v) is 2.63. The fourth-order valence-electron chi connectivity index (χ4n) is 1.54. The first-order chi connectivity index (χ1) is 8.08. The number of carbonyl (C=O) groups is 1. The summed E-state index contributed by atoms with van der Waals surface area (Å²) in [6.07, 6.45) is 0.467. The van der Waals surface area contributed by atoms with Crippen molar-refractivity contribution in [3.63, 3.8) is 0 Å². The zero-order valence-electron chi connectivity index (χ0n) is 10.3. The van der Waals surface area contributed by atoms with Crippen molar-refractivity contribution >= 4 is 11.6 Å². The number of amides is 1. The van der Waals surface area contributed by atoms with Crippen LogP contribution in [0.3, 0.4) is 0 Å². The number of rotatable bonds is 5. The SMILES string of the molecule is CN[C@@H](Cc1ccc(N(C)C)cc1)C(=O)N=O. The van der Waals surface area contributed by atoms with Crippen molar-refractivity contribution in [1.29, 1.82) is 0 Å². The van der Waals surface area contributed by atoms with Gasteiger partial charge in [-0.2, -0.15) is 0 Å². The van der Waals surface area contributed by atoms with Gasteiger partial charge in [0.2, 0.25) is 0 Å². The van der Waals surface area contributed by atoms with Crippen LogP contribution in [0.15, 0.2) is 29.4 Å². The van der Waals surface area contributed by atoms with Crippen LogP contribution >= 0.6 is 0 Å². The van der Waals surface area contributed by atoms with Crippen LogP contribution in [0.5, 0.6) is 0 Å². The molecule has 1 N–H and O–H groups in total. The van der Waals surface area contributed by atoms with E-state index in [9.17, 15) is 9.70 Å². The molecule has 5 heteroatoms. The van der Waals surface area contributed by atoms with Gasteiger partial charge in [0.05, 0.1) is 6.04 Å². The Morgan fingerprint density at radius 1 is 1.35 bits per heavy atom. The summed E-state index contributed by atoms with van der Waals surface area (Å²) in [7, 11) is 5.57. The molecule has 0 fully saturated rings. The zero-order chi connectivity index (χ0) is 12.8. The minimum Gasteiger partial charge on any atom is -0.378 e. The number of benzene rings is 1. The number of nitrogens with zero attached hydrogens (tertiary/aromatic N) is 2. The Kier molecular flexibility index (Phi) is 4.78. The van der Waals surface area contributed by atoms with Crippen molar-refractivity contribution in [2.45, 2.75) is 12.5 Å². The van der Waals surface area contributed by atoms with E-state index in [0.717, 1.165) is 11.3 Å². The highest BCUT2D eigenvalue weighted by atomic mass is 16.3. The largest absolute Gasteiger partial charge is 0.378 e. The maximum atomic E-state index is 11.2. The van der Waals surface area contributed by atoms with Gasteiger partial charge in [-0.25, -0.2) is 0 Å². The maximum absolute atomic E-state index is 11.2. The van der Waals surface area contributed by atoms with Crippen LogP contribution in [0.2, 0.25) is 0 Å². The van der Waals surface area contributed by atoms with E-state index < -0.39 is 11.9 Å². The van der Waals surface area contributed by atoms with Crippen molar-refractivity contribution in [2.75, 3.05) is 26.0 Å². The lowest BCUT2D eigenvalue weighted by molar-refractivity contribution is -0.119. The molecular weight excluding hydrogens is 218 g/mol. The number of carbonyl (C=O) groups excluding carboxylic acids is 1. The van der Waals surface area contributed by atoms with E-state index in [1.807, 2.05) is 43.3 Å². The number of nitroso groups, excluding NO2 is 1. The first-order valence-corrected chi connectivity index (χ1v) is 5.39. The smallest absolute Gasteiger partial charge is 0.303 e. The third kappa shape index (κ3) is 3.64. The molecule has 0 bridgehead atoms. The minimum atomic E-state index is -0.663. The highest BCUT2D eigenvalue weighted by molar-refractivity contribution is 5.82. The minimum absolute atomic E-state index is 0.467. The molecule has 92 valence electrons. The molecule has 0 heterocycles. The lowest BCUT2D eigenvalue weighted by Crippen LogP contribution is -2.34. The number of nitrogens with one attached hydrogen (secondary N) is 1. The van der Waals surface area contributed by atoms with Crippen LogP contribution in [0.4, 0.5) is 5.69 Å². The van der Waals surface area contributed by atoms with E-state index in [1.54, 1.807) is 7.05 Å². The third-order valence-electron chi connectivity index (χ3n) is 2.63. The van der Waals surface area contributed by atoms with Crippen molar-refractivity contribution in [1.82, 2.24) is 5.32 Å². The second-order valence-corrected chi connectivity index (χ2v) is 4.04. The second-order valence-electron chi connectivity index (χ2n) is 4.04. The quantitative estimate of drug-likeness (QED) is 0.778. The summed E-state index contributed by atoms with van der Waals surface area (Å²) in [5.41, 5.74) is 2.08. The molecule has 0 saturated carbocycles. The fourth-order valence-corrected chi connectivity index (χ4v) is 1.54. The van der Waals surface area contributed by atoms with Crippen molar-refractivity contribution in [3.05, 3.63) is 34.7 Å². The van der Waals surface area contributed by atoms with E-state index >= 15 is 0 Å². The molecule has 0 aliphatic carbocycles. The Morgan fingerprint density at radius 3 is 2.35 bits per heavy atom. The average Bonchev–Trinajstić information content (AvgIpc) is 2.35. The van der Waals surface area contributed by atoms with Gasteiger partial charge in [0.1, 0.15) is 0 Å². The Balaban J connectivity index is 2.73. The van der Waals surface area contributed by atoms with Crippen molar-refractivity contribution in [2.24, 2.45) is 5.18 Å². The van der Waals surface area contributed by atoms with Crippen LogP contribution in [0.1, 0.15) is 5.56 Å². The highest BCUT2D eigenvalue weighted by Crippen LogP contribution is 2.13. The van der Waals surface area contributed by atoms with Gasteiger partial charge in [-0.1, -0.05) is 12.1 Å². The van der Waals surface area contributed by atoms with Crippen LogP contribution in [-0.4, -0.2) is 33.1 Å². The van der Waals surface area contributed by atoms with E-state index in [1.165, 1.54) is 0 Å².